The van der Waals surface area contributed by atoms with E-state index in [0.717, 1.165) is 53.3 Å². The second-order valence-corrected chi connectivity index (χ2v) is 8.61. The van der Waals surface area contributed by atoms with Crippen LogP contribution < -0.4 is 5.56 Å². The van der Waals surface area contributed by atoms with Crippen molar-refractivity contribution < 1.29 is 5.11 Å². The van der Waals surface area contributed by atoms with Crippen LogP contribution in [0.4, 0.5) is 0 Å². The van der Waals surface area contributed by atoms with Crippen LogP contribution in [0.3, 0.4) is 0 Å². The monoisotopic (exact) mass is 437 g/mol. The summed E-state index contributed by atoms with van der Waals surface area (Å²) >= 11 is 0. The van der Waals surface area contributed by atoms with E-state index >= 15 is 0 Å². The van der Waals surface area contributed by atoms with Crippen molar-refractivity contribution in [1.82, 2.24) is 14.5 Å². The maximum absolute atomic E-state index is 13.9. The van der Waals surface area contributed by atoms with E-state index in [1.165, 1.54) is 0 Å². The molecule has 4 aromatic rings. The highest BCUT2D eigenvalue weighted by Crippen LogP contribution is 2.27. The van der Waals surface area contributed by atoms with Gasteiger partial charge in [-0.2, -0.15) is 0 Å². The Labute approximate surface area is 193 Å². The number of aromatic nitrogens is 2. The SMILES string of the molecule is Cc1nc2c(c(=O)n1C(c1ccccc1)c1ccccc1)CN(Cc1ccc(O)cc1)CC2. The van der Waals surface area contributed by atoms with Crippen LogP contribution in [-0.4, -0.2) is 26.1 Å². The van der Waals surface area contributed by atoms with Gasteiger partial charge in [0.25, 0.3) is 5.56 Å². The molecule has 2 heterocycles. The fraction of sp³-hybridized carbons (Fsp3) is 0.214. The largest absolute Gasteiger partial charge is 0.508 e. The standard InChI is InChI=1S/C28H27N3O2/c1-20-29-26-16-17-30(18-21-12-14-24(32)15-13-21)19-25(26)28(33)31(20)27(22-8-4-2-5-9-22)23-10-6-3-7-11-23/h2-15,27,32H,16-19H2,1H3. The van der Waals surface area contributed by atoms with Crippen LogP contribution >= 0.6 is 0 Å². The summed E-state index contributed by atoms with van der Waals surface area (Å²) in [6, 6.07) is 27.3. The van der Waals surface area contributed by atoms with Gasteiger partial charge in [-0.1, -0.05) is 72.8 Å². The van der Waals surface area contributed by atoms with Gasteiger partial charge in [-0.05, 0) is 35.7 Å². The second kappa shape index (κ2) is 9.04. The highest BCUT2D eigenvalue weighted by molar-refractivity contribution is 5.35. The third-order valence-corrected chi connectivity index (χ3v) is 6.35. The maximum atomic E-state index is 13.9. The molecule has 0 unspecified atom stereocenters. The van der Waals surface area contributed by atoms with Crippen LogP contribution in [0.1, 0.15) is 39.8 Å². The van der Waals surface area contributed by atoms with Crippen molar-refractivity contribution in [3.05, 3.63) is 129 Å². The van der Waals surface area contributed by atoms with Gasteiger partial charge in [-0.3, -0.25) is 14.3 Å². The van der Waals surface area contributed by atoms with Gasteiger partial charge in [0.2, 0.25) is 0 Å². The van der Waals surface area contributed by atoms with Gasteiger partial charge in [-0.15, -0.1) is 0 Å². The normalized spacial score (nSPS) is 13.8. The van der Waals surface area contributed by atoms with Crippen LogP contribution in [0.5, 0.6) is 5.75 Å². The minimum atomic E-state index is -0.231. The molecule has 1 aliphatic rings. The highest BCUT2D eigenvalue weighted by atomic mass is 16.3. The summed E-state index contributed by atoms with van der Waals surface area (Å²) in [5.41, 5.74) is 4.96. The zero-order valence-corrected chi connectivity index (χ0v) is 18.7. The molecule has 33 heavy (non-hydrogen) atoms. The molecule has 1 aliphatic heterocycles. The van der Waals surface area contributed by atoms with Gasteiger partial charge in [0.1, 0.15) is 11.6 Å². The Bertz CT molecular complexity index is 1260. The van der Waals surface area contributed by atoms with E-state index < -0.39 is 0 Å². The first kappa shape index (κ1) is 21.2. The number of rotatable bonds is 5. The maximum Gasteiger partial charge on any atom is 0.259 e. The number of aryl methyl sites for hydroxylation is 1. The number of hydrogen-bond donors (Lipinski definition) is 1. The summed E-state index contributed by atoms with van der Waals surface area (Å²) in [5.74, 6) is 1.00. The summed E-state index contributed by atoms with van der Waals surface area (Å²) < 4.78 is 1.85. The number of phenols is 1. The Morgan fingerprint density at radius 1 is 0.909 bits per heavy atom. The minimum absolute atomic E-state index is 0.0330. The molecule has 5 rings (SSSR count). The molecule has 166 valence electrons. The molecule has 5 nitrogen and oxygen atoms in total. The van der Waals surface area contributed by atoms with Crippen LogP contribution in [0.2, 0.25) is 0 Å². The number of nitrogens with zero attached hydrogens (tertiary/aromatic N) is 3. The van der Waals surface area contributed by atoms with Crippen molar-refractivity contribution in [1.29, 1.82) is 0 Å². The summed E-state index contributed by atoms with van der Waals surface area (Å²) in [7, 11) is 0. The van der Waals surface area contributed by atoms with Gasteiger partial charge in [0, 0.05) is 26.1 Å². The Balaban J connectivity index is 1.55. The predicted molar refractivity (Wildman–Crippen MR) is 129 cm³/mol. The van der Waals surface area contributed by atoms with E-state index in [0.29, 0.717) is 6.54 Å². The molecule has 0 amide bonds. The molecule has 0 aliphatic carbocycles. The number of benzene rings is 3. The molecule has 1 N–H and O–H groups in total. The predicted octanol–water partition coefficient (Wildman–Crippen LogP) is 4.45. The first-order valence-corrected chi connectivity index (χ1v) is 11.3. The summed E-state index contributed by atoms with van der Waals surface area (Å²) in [4.78, 5) is 21.1. The molecule has 0 saturated carbocycles. The molecule has 0 saturated heterocycles. The molecule has 0 atom stereocenters. The second-order valence-electron chi connectivity index (χ2n) is 8.61. The first-order chi connectivity index (χ1) is 16.1. The molecule has 0 bridgehead atoms. The Hall–Kier alpha value is -3.70. The van der Waals surface area contributed by atoms with Crippen LogP contribution in [0, 0.1) is 6.92 Å². The summed E-state index contributed by atoms with van der Waals surface area (Å²) in [6.45, 7) is 4.08. The number of phenolic OH excluding ortho intramolecular Hbond substituents is 1. The Morgan fingerprint density at radius 2 is 1.52 bits per heavy atom. The minimum Gasteiger partial charge on any atom is -0.508 e. The van der Waals surface area contributed by atoms with Crippen molar-refractivity contribution in [3.8, 4) is 5.75 Å². The van der Waals surface area contributed by atoms with Crippen molar-refractivity contribution in [3.63, 3.8) is 0 Å². The summed E-state index contributed by atoms with van der Waals surface area (Å²) in [5, 5.41) is 9.56. The Morgan fingerprint density at radius 3 is 2.12 bits per heavy atom. The lowest BCUT2D eigenvalue weighted by molar-refractivity contribution is 0.240. The topological polar surface area (TPSA) is 58.4 Å². The van der Waals surface area contributed by atoms with Gasteiger partial charge in [0.15, 0.2) is 0 Å². The van der Waals surface area contributed by atoms with E-state index in [2.05, 4.69) is 29.2 Å². The summed E-state index contributed by atoms with van der Waals surface area (Å²) in [6.07, 6.45) is 0.756. The number of fused-ring (bicyclic) bond motifs is 1. The van der Waals surface area contributed by atoms with Crippen LogP contribution in [0.25, 0.3) is 0 Å². The van der Waals surface area contributed by atoms with E-state index in [9.17, 15) is 9.90 Å². The van der Waals surface area contributed by atoms with E-state index in [-0.39, 0.29) is 17.4 Å². The third kappa shape index (κ3) is 4.32. The van der Waals surface area contributed by atoms with Gasteiger partial charge in [0.05, 0.1) is 17.3 Å². The van der Waals surface area contributed by atoms with Crippen LogP contribution in [-0.2, 0) is 19.5 Å². The zero-order chi connectivity index (χ0) is 22.8. The average molecular weight is 438 g/mol. The molecule has 0 fully saturated rings. The number of hydrogen-bond acceptors (Lipinski definition) is 4. The quantitative estimate of drug-likeness (QED) is 0.501. The molecular formula is C28H27N3O2. The zero-order valence-electron chi connectivity index (χ0n) is 18.7. The Kier molecular flexibility index (Phi) is 5.80. The highest BCUT2D eigenvalue weighted by Gasteiger charge is 2.26. The molecule has 1 aromatic heterocycles. The van der Waals surface area contributed by atoms with Crippen LogP contribution in [0.15, 0.2) is 89.7 Å². The first-order valence-electron chi connectivity index (χ1n) is 11.3. The van der Waals surface area contributed by atoms with Gasteiger partial charge < -0.3 is 5.11 Å². The lowest BCUT2D eigenvalue weighted by Crippen LogP contribution is -2.40. The van der Waals surface area contributed by atoms with Crippen molar-refractivity contribution in [2.24, 2.45) is 0 Å². The fourth-order valence-electron chi connectivity index (χ4n) is 4.72. The van der Waals surface area contributed by atoms with E-state index in [4.69, 9.17) is 4.98 Å². The van der Waals surface area contributed by atoms with E-state index in [1.54, 1.807) is 12.1 Å². The van der Waals surface area contributed by atoms with E-state index in [1.807, 2.05) is 60.0 Å². The molecule has 3 aromatic carbocycles. The lowest BCUT2D eigenvalue weighted by atomic mass is 9.97. The van der Waals surface area contributed by atoms with Crippen molar-refractivity contribution >= 4 is 0 Å². The molecule has 0 spiro atoms. The van der Waals surface area contributed by atoms with Gasteiger partial charge >= 0.3 is 0 Å². The van der Waals surface area contributed by atoms with Crippen molar-refractivity contribution in [2.75, 3.05) is 6.54 Å². The number of aromatic hydroxyl groups is 1. The molecular weight excluding hydrogens is 410 g/mol. The van der Waals surface area contributed by atoms with Gasteiger partial charge in [-0.25, -0.2) is 4.98 Å². The lowest BCUT2D eigenvalue weighted by Gasteiger charge is -2.30. The average Bonchev–Trinajstić information content (AvgIpc) is 2.85. The molecule has 0 radical (unpaired) electrons. The fourth-order valence-corrected chi connectivity index (χ4v) is 4.72. The van der Waals surface area contributed by atoms with Crippen molar-refractivity contribution in [2.45, 2.75) is 32.5 Å². The third-order valence-electron chi connectivity index (χ3n) is 6.35. The molecule has 5 heteroatoms. The smallest absolute Gasteiger partial charge is 0.259 e.